The Labute approximate surface area is 81.9 Å². The van der Waals surface area contributed by atoms with E-state index < -0.39 is 12.0 Å². The van der Waals surface area contributed by atoms with Crippen molar-refractivity contribution in [3.63, 3.8) is 0 Å². The molecule has 6 heteroatoms. The Balaban J connectivity index is 2.29. The summed E-state index contributed by atoms with van der Waals surface area (Å²) in [6.45, 7) is 1.29. The van der Waals surface area contributed by atoms with Gasteiger partial charge >= 0.3 is 5.97 Å². The van der Waals surface area contributed by atoms with Gasteiger partial charge in [0.1, 0.15) is 11.9 Å². The molecule has 0 saturated heterocycles. The van der Waals surface area contributed by atoms with E-state index in [0.717, 1.165) is 0 Å². The predicted molar refractivity (Wildman–Crippen MR) is 52.6 cm³/mol. The highest BCUT2D eigenvalue weighted by atomic mass is 16.4. The standard InChI is InChI=1S/C8H14N4O2/c9-6(8(13)14)1-3-12-4-2-7(10)11-5-12/h5-6,10H,1-4,9H2,(H,13,14). The zero-order valence-corrected chi connectivity index (χ0v) is 7.81. The van der Waals surface area contributed by atoms with E-state index in [1.54, 1.807) is 6.34 Å². The second-order valence-electron chi connectivity index (χ2n) is 3.21. The smallest absolute Gasteiger partial charge is 0.320 e. The van der Waals surface area contributed by atoms with Crippen molar-refractivity contribution in [1.82, 2.24) is 4.90 Å². The summed E-state index contributed by atoms with van der Waals surface area (Å²) in [5.74, 6) is -0.615. The van der Waals surface area contributed by atoms with Crippen molar-refractivity contribution < 1.29 is 9.90 Å². The zero-order valence-electron chi connectivity index (χ0n) is 7.81. The Hall–Kier alpha value is -1.43. The maximum atomic E-state index is 10.4. The predicted octanol–water partition coefficient (Wildman–Crippen LogP) is -0.500. The summed E-state index contributed by atoms with van der Waals surface area (Å²) in [5, 5.41) is 15.8. The normalized spacial score (nSPS) is 18.4. The van der Waals surface area contributed by atoms with Gasteiger partial charge in [-0.25, -0.2) is 4.99 Å². The van der Waals surface area contributed by atoms with Crippen LogP contribution in [0.2, 0.25) is 0 Å². The zero-order chi connectivity index (χ0) is 10.6. The van der Waals surface area contributed by atoms with Gasteiger partial charge in [0.25, 0.3) is 0 Å². The molecule has 0 aromatic heterocycles. The topological polar surface area (TPSA) is 103 Å². The highest BCUT2D eigenvalue weighted by Crippen LogP contribution is 2.00. The molecule has 14 heavy (non-hydrogen) atoms. The maximum Gasteiger partial charge on any atom is 0.320 e. The summed E-state index contributed by atoms with van der Waals surface area (Å²) < 4.78 is 0. The van der Waals surface area contributed by atoms with Gasteiger partial charge in [-0.15, -0.1) is 0 Å². The van der Waals surface area contributed by atoms with Crippen molar-refractivity contribution >= 4 is 18.1 Å². The number of carboxylic acids is 1. The third-order valence-electron chi connectivity index (χ3n) is 2.06. The van der Waals surface area contributed by atoms with Crippen molar-refractivity contribution in [3.8, 4) is 0 Å². The van der Waals surface area contributed by atoms with Crippen LogP contribution in [0.3, 0.4) is 0 Å². The first-order valence-electron chi connectivity index (χ1n) is 4.43. The molecule has 78 valence electrons. The maximum absolute atomic E-state index is 10.4. The fourth-order valence-corrected chi connectivity index (χ4v) is 1.12. The lowest BCUT2D eigenvalue weighted by Crippen LogP contribution is -2.37. The molecule has 0 bridgehead atoms. The van der Waals surface area contributed by atoms with Crippen LogP contribution in [-0.2, 0) is 4.79 Å². The summed E-state index contributed by atoms with van der Waals surface area (Å²) in [7, 11) is 0. The average Bonchev–Trinajstić information content (AvgIpc) is 2.16. The molecule has 0 aromatic rings. The minimum absolute atomic E-state index is 0.365. The van der Waals surface area contributed by atoms with Crippen LogP contribution in [0.1, 0.15) is 12.8 Å². The van der Waals surface area contributed by atoms with Crippen molar-refractivity contribution in [2.24, 2.45) is 10.7 Å². The lowest BCUT2D eigenvalue weighted by molar-refractivity contribution is -0.138. The lowest BCUT2D eigenvalue weighted by atomic mass is 10.2. The van der Waals surface area contributed by atoms with Gasteiger partial charge in [0.15, 0.2) is 0 Å². The summed E-state index contributed by atoms with van der Waals surface area (Å²) in [6, 6.07) is -0.815. The second-order valence-corrected chi connectivity index (χ2v) is 3.21. The number of carboxylic acid groups (broad SMARTS) is 1. The van der Waals surface area contributed by atoms with E-state index in [1.165, 1.54) is 0 Å². The van der Waals surface area contributed by atoms with Gasteiger partial charge < -0.3 is 15.7 Å². The third kappa shape index (κ3) is 3.14. The molecule has 1 aliphatic heterocycles. The van der Waals surface area contributed by atoms with Crippen LogP contribution in [0.25, 0.3) is 0 Å². The molecule has 1 atom stereocenters. The Morgan fingerprint density at radius 2 is 2.57 bits per heavy atom. The number of aliphatic imine (C=N–C) groups is 1. The number of amidine groups is 1. The van der Waals surface area contributed by atoms with Crippen molar-refractivity contribution in [2.75, 3.05) is 13.1 Å². The largest absolute Gasteiger partial charge is 0.480 e. The number of aliphatic carboxylic acids is 1. The summed E-state index contributed by atoms with van der Waals surface area (Å²) in [5.41, 5.74) is 5.35. The summed E-state index contributed by atoms with van der Waals surface area (Å²) in [6.07, 6.45) is 2.58. The minimum Gasteiger partial charge on any atom is -0.480 e. The molecule has 1 heterocycles. The van der Waals surface area contributed by atoms with E-state index in [1.807, 2.05) is 4.90 Å². The Kier molecular flexibility index (Phi) is 3.58. The Morgan fingerprint density at radius 3 is 3.07 bits per heavy atom. The van der Waals surface area contributed by atoms with Crippen LogP contribution >= 0.6 is 0 Å². The van der Waals surface area contributed by atoms with Gasteiger partial charge in [-0.3, -0.25) is 10.2 Å². The number of rotatable bonds is 4. The molecule has 1 rings (SSSR count). The van der Waals surface area contributed by atoms with Gasteiger partial charge in [-0.1, -0.05) is 0 Å². The van der Waals surface area contributed by atoms with Crippen LogP contribution in [0.4, 0.5) is 0 Å². The fourth-order valence-electron chi connectivity index (χ4n) is 1.12. The first-order chi connectivity index (χ1) is 6.59. The minimum atomic E-state index is -0.980. The first kappa shape index (κ1) is 10.6. The molecule has 4 N–H and O–H groups in total. The molecule has 1 unspecified atom stereocenters. The van der Waals surface area contributed by atoms with E-state index in [9.17, 15) is 4.79 Å². The van der Waals surface area contributed by atoms with Gasteiger partial charge in [0, 0.05) is 19.5 Å². The quantitative estimate of drug-likeness (QED) is 0.566. The Morgan fingerprint density at radius 1 is 1.86 bits per heavy atom. The van der Waals surface area contributed by atoms with Crippen molar-refractivity contribution in [2.45, 2.75) is 18.9 Å². The molecule has 0 fully saturated rings. The molecular formula is C8H14N4O2. The molecule has 0 saturated carbocycles. The summed E-state index contributed by atoms with van der Waals surface area (Å²) in [4.78, 5) is 16.1. The highest BCUT2D eigenvalue weighted by molar-refractivity contribution is 5.88. The van der Waals surface area contributed by atoms with E-state index in [2.05, 4.69) is 4.99 Å². The monoisotopic (exact) mass is 198 g/mol. The second kappa shape index (κ2) is 4.71. The number of hydrogen-bond acceptors (Lipinski definition) is 4. The molecule has 0 radical (unpaired) electrons. The van der Waals surface area contributed by atoms with Crippen molar-refractivity contribution in [3.05, 3.63) is 0 Å². The molecule has 0 spiro atoms. The van der Waals surface area contributed by atoms with Gasteiger partial charge in [0.2, 0.25) is 0 Å². The number of nitrogens with two attached hydrogens (primary N) is 1. The summed E-state index contributed by atoms with van der Waals surface area (Å²) >= 11 is 0. The fraction of sp³-hybridized carbons (Fsp3) is 0.625. The number of carbonyl (C=O) groups is 1. The van der Waals surface area contributed by atoms with E-state index in [4.69, 9.17) is 16.2 Å². The van der Waals surface area contributed by atoms with Gasteiger partial charge in [-0.05, 0) is 6.42 Å². The van der Waals surface area contributed by atoms with E-state index >= 15 is 0 Å². The van der Waals surface area contributed by atoms with Crippen molar-refractivity contribution in [1.29, 1.82) is 5.41 Å². The van der Waals surface area contributed by atoms with E-state index in [0.29, 0.717) is 31.8 Å². The van der Waals surface area contributed by atoms with E-state index in [-0.39, 0.29) is 0 Å². The molecule has 0 aromatic carbocycles. The van der Waals surface area contributed by atoms with Crippen LogP contribution in [-0.4, -0.2) is 47.3 Å². The Bertz CT molecular complexity index is 264. The average molecular weight is 198 g/mol. The molecule has 0 aliphatic carbocycles. The molecule has 1 aliphatic rings. The van der Waals surface area contributed by atoms with Crippen LogP contribution < -0.4 is 5.73 Å². The molecular weight excluding hydrogens is 184 g/mol. The lowest BCUT2D eigenvalue weighted by Gasteiger charge is -2.23. The third-order valence-corrected chi connectivity index (χ3v) is 2.06. The highest BCUT2D eigenvalue weighted by Gasteiger charge is 2.14. The SMILES string of the molecule is N=C1CCN(CCC(N)C(=O)O)C=N1. The molecule has 0 amide bonds. The number of hydrogen-bond donors (Lipinski definition) is 3. The molecule has 6 nitrogen and oxygen atoms in total. The first-order valence-corrected chi connectivity index (χ1v) is 4.43. The van der Waals surface area contributed by atoms with Crippen LogP contribution in [0.5, 0.6) is 0 Å². The van der Waals surface area contributed by atoms with Gasteiger partial charge in [-0.2, -0.15) is 0 Å². The number of nitrogens with one attached hydrogen (secondary N) is 1. The van der Waals surface area contributed by atoms with Crippen LogP contribution in [0, 0.1) is 5.41 Å². The number of nitrogens with zero attached hydrogens (tertiary/aromatic N) is 2. The van der Waals surface area contributed by atoms with Gasteiger partial charge in [0.05, 0.1) is 6.34 Å². The van der Waals surface area contributed by atoms with Crippen LogP contribution in [0.15, 0.2) is 4.99 Å².